The van der Waals surface area contributed by atoms with E-state index in [4.69, 9.17) is 14.4 Å². The molecule has 2 unspecified atom stereocenters. The van der Waals surface area contributed by atoms with Crippen LogP contribution in [0.5, 0.6) is 0 Å². The molecule has 5 rings (SSSR count). The Morgan fingerprint density at radius 2 is 1.74 bits per heavy atom. The van der Waals surface area contributed by atoms with E-state index in [0.29, 0.717) is 13.1 Å². The molecule has 1 aromatic heterocycles. The number of ether oxygens (including phenoxy) is 1. The maximum atomic E-state index is 12.8. The van der Waals surface area contributed by atoms with Crippen molar-refractivity contribution < 1.29 is 28.8 Å². The smallest absolute Gasteiger partial charge is 0.414 e. The van der Waals surface area contributed by atoms with Gasteiger partial charge in [-0.05, 0) is 34.1 Å². The van der Waals surface area contributed by atoms with E-state index in [2.05, 4.69) is 22.6 Å². The lowest BCUT2D eigenvalue weighted by molar-refractivity contribution is -0.138. The van der Waals surface area contributed by atoms with Crippen LogP contribution in [0.1, 0.15) is 40.9 Å². The fraction of sp³-hybridized carbons (Fsp3) is 0.308. The molecular formula is C26H25N3O6. The molecule has 2 aromatic carbocycles. The molecular weight excluding hydrogens is 450 g/mol. The van der Waals surface area contributed by atoms with Gasteiger partial charge in [0.25, 0.3) is 5.91 Å². The van der Waals surface area contributed by atoms with Crippen molar-refractivity contribution in [2.45, 2.75) is 19.3 Å². The molecule has 0 radical (unpaired) electrons. The number of nitrogens with one attached hydrogen (secondary N) is 1. The number of rotatable bonds is 6. The minimum Gasteiger partial charge on any atom is -0.481 e. The van der Waals surface area contributed by atoms with Crippen LogP contribution >= 0.6 is 0 Å². The third kappa shape index (κ3) is 4.49. The number of fused-ring (bicyclic) bond motifs is 3. The molecule has 2 heterocycles. The van der Waals surface area contributed by atoms with Gasteiger partial charge >= 0.3 is 12.1 Å². The van der Waals surface area contributed by atoms with Crippen molar-refractivity contribution in [1.82, 2.24) is 10.1 Å². The Morgan fingerprint density at radius 1 is 1.09 bits per heavy atom. The van der Waals surface area contributed by atoms with Gasteiger partial charge in [0.1, 0.15) is 6.61 Å². The monoisotopic (exact) mass is 475 g/mol. The van der Waals surface area contributed by atoms with E-state index >= 15 is 0 Å². The number of carboxylic acids is 1. The summed E-state index contributed by atoms with van der Waals surface area (Å²) in [5, 5.41) is 15.3. The van der Waals surface area contributed by atoms with Crippen LogP contribution in [0.25, 0.3) is 11.1 Å². The molecule has 3 aromatic rings. The molecule has 9 nitrogen and oxygen atoms in total. The van der Waals surface area contributed by atoms with E-state index < -0.39 is 12.1 Å². The molecule has 9 heteroatoms. The van der Waals surface area contributed by atoms with Gasteiger partial charge < -0.3 is 19.3 Å². The Hall–Kier alpha value is -4.14. The van der Waals surface area contributed by atoms with Gasteiger partial charge in [0.2, 0.25) is 5.88 Å². The van der Waals surface area contributed by atoms with Gasteiger partial charge in [0, 0.05) is 25.1 Å². The molecule has 0 saturated carbocycles. The van der Waals surface area contributed by atoms with E-state index in [9.17, 15) is 14.4 Å². The van der Waals surface area contributed by atoms with Crippen molar-refractivity contribution in [3.8, 4) is 11.1 Å². The first-order chi connectivity index (χ1) is 16.9. The Balaban J connectivity index is 1.19. The molecule has 2 amide bonds. The predicted octanol–water partition coefficient (Wildman–Crippen LogP) is 4.22. The average molecular weight is 476 g/mol. The lowest BCUT2D eigenvalue weighted by atomic mass is 9.95. The second-order valence-corrected chi connectivity index (χ2v) is 9.07. The fourth-order valence-corrected chi connectivity index (χ4v) is 5.02. The van der Waals surface area contributed by atoms with Gasteiger partial charge in [-0.1, -0.05) is 60.6 Å². The van der Waals surface area contributed by atoms with Gasteiger partial charge in [0.05, 0.1) is 6.42 Å². The number of hydrogen-bond donors (Lipinski definition) is 2. The van der Waals surface area contributed by atoms with Crippen LogP contribution in [-0.4, -0.2) is 52.8 Å². The largest absolute Gasteiger partial charge is 0.481 e. The van der Waals surface area contributed by atoms with Crippen molar-refractivity contribution in [2.75, 3.05) is 25.0 Å². The molecule has 0 bridgehead atoms. The number of aliphatic carboxylic acids is 1. The maximum Gasteiger partial charge on any atom is 0.414 e. The summed E-state index contributed by atoms with van der Waals surface area (Å²) in [4.78, 5) is 37.8. The van der Waals surface area contributed by atoms with E-state index in [1.807, 2.05) is 43.3 Å². The standard InChI is InChI=1S/C26H25N3O6/c1-15-12-29(13-16(15)10-24(30)31)25(32)22-11-23(35-28-22)27-26(33)34-14-21-19-8-4-2-6-17(19)18-7-3-5-9-20(18)21/h2-9,11,15-16,21H,10,12-14H2,1H3,(H,27,33)(H,30,31). The first-order valence-corrected chi connectivity index (χ1v) is 11.5. The summed E-state index contributed by atoms with van der Waals surface area (Å²) in [6.07, 6.45) is -0.698. The Morgan fingerprint density at radius 3 is 2.40 bits per heavy atom. The molecule has 0 spiro atoms. The SMILES string of the molecule is CC1CN(C(=O)c2cc(NC(=O)OCC3c4ccccc4-c4ccccc43)on2)CC1CC(=O)O. The third-order valence-corrected chi connectivity index (χ3v) is 6.79. The molecule has 2 atom stereocenters. The molecule has 2 N–H and O–H groups in total. The van der Waals surface area contributed by atoms with E-state index in [0.717, 1.165) is 22.3 Å². The van der Waals surface area contributed by atoms with Gasteiger partial charge in [-0.3, -0.25) is 14.9 Å². The normalized spacial score (nSPS) is 18.7. The predicted molar refractivity (Wildman–Crippen MR) is 126 cm³/mol. The number of hydrogen-bond acceptors (Lipinski definition) is 6. The van der Waals surface area contributed by atoms with Crippen molar-refractivity contribution in [3.63, 3.8) is 0 Å². The highest BCUT2D eigenvalue weighted by Crippen LogP contribution is 2.44. The second kappa shape index (κ2) is 9.25. The number of carboxylic acid groups (broad SMARTS) is 1. The Bertz CT molecular complexity index is 1240. The van der Waals surface area contributed by atoms with Crippen molar-refractivity contribution in [3.05, 3.63) is 71.4 Å². The summed E-state index contributed by atoms with van der Waals surface area (Å²) in [5.41, 5.74) is 4.53. The molecule has 180 valence electrons. The molecule has 1 aliphatic heterocycles. The molecule has 1 fully saturated rings. The Labute approximate surface area is 201 Å². The van der Waals surface area contributed by atoms with Crippen LogP contribution in [0.4, 0.5) is 10.7 Å². The second-order valence-electron chi connectivity index (χ2n) is 9.07. The lowest BCUT2D eigenvalue weighted by Gasteiger charge is -2.14. The van der Waals surface area contributed by atoms with Crippen LogP contribution in [-0.2, 0) is 9.53 Å². The number of benzene rings is 2. The van der Waals surface area contributed by atoms with Crippen molar-refractivity contribution in [1.29, 1.82) is 0 Å². The number of nitrogens with zero attached hydrogens (tertiary/aromatic N) is 2. The average Bonchev–Trinajstić information content (AvgIpc) is 3.53. The zero-order chi connectivity index (χ0) is 24.5. The van der Waals surface area contributed by atoms with E-state index in [1.165, 1.54) is 6.07 Å². The first-order valence-electron chi connectivity index (χ1n) is 11.5. The molecule has 1 aliphatic carbocycles. The maximum absolute atomic E-state index is 12.8. The summed E-state index contributed by atoms with van der Waals surface area (Å²) in [5.74, 6) is -1.36. The van der Waals surface area contributed by atoms with Crippen LogP contribution in [0.2, 0.25) is 0 Å². The molecule has 35 heavy (non-hydrogen) atoms. The summed E-state index contributed by atoms with van der Waals surface area (Å²) < 4.78 is 10.6. The Kier molecular flexibility index (Phi) is 5.98. The van der Waals surface area contributed by atoms with Gasteiger partial charge in [-0.25, -0.2) is 4.79 Å². The number of carbonyl (C=O) groups is 3. The fourth-order valence-electron chi connectivity index (χ4n) is 5.02. The minimum absolute atomic E-state index is 0.0000893. The highest BCUT2D eigenvalue weighted by molar-refractivity contribution is 5.94. The zero-order valence-electron chi connectivity index (χ0n) is 19.1. The van der Waals surface area contributed by atoms with Crippen LogP contribution in [0.3, 0.4) is 0 Å². The number of carbonyl (C=O) groups excluding carboxylic acids is 2. The molecule has 2 aliphatic rings. The van der Waals surface area contributed by atoms with Crippen LogP contribution in [0.15, 0.2) is 59.1 Å². The number of likely N-dealkylation sites (tertiary alicyclic amines) is 1. The van der Waals surface area contributed by atoms with Gasteiger partial charge in [0.15, 0.2) is 5.69 Å². The van der Waals surface area contributed by atoms with Crippen LogP contribution < -0.4 is 5.32 Å². The van der Waals surface area contributed by atoms with E-state index in [1.54, 1.807) is 4.90 Å². The first kappa shape index (κ1) is 22.6. The molecule has 1 saturated heterocycles. The lowest BCUT2D eigenvalue weighted by Crippen LogP contribution is -2.29. The summed E-state index contributed by atoms with van der Waals surface area (Å²) >= 11 is 0. The highest BCUT2D eigenvalue weighted by Gasteiger charge is 2.35. The zero-order valence-corrected chi connectivity index (χ0v) is 19.1. The quantitative estimate of drug-likeness (QED) is 0.547. The van der Waals surface area contributed by atoms with Crippen molar-refractivity contribution in [2.24, 2.45) is 11.8 Å². The third-order valence-electron chi connectivity index (χ3n) is 6.79. The number of anilines is 1. The van der Waals surface area contributed by atoms with Gasteiger partial charge in [-0.2, -0.15) is 0 Å². The minimum atomic E-state index is -0.882. The topological polar surface area (TPSA) is 122 Å². The summed E-state index contributed by atoms with van der Waals surface area (Å²) in [6.45, 7) is 2.86. The summed E-state index contributed by atoms with van der Waals surface area (Å²) in [7, 11) is 0. The number of aromatic nitrogens is 1. The number of amides is 2. The highest BCUT2D eigenvalue weighted by atomic mass is 16.6. The van der Waals surface area contributed by atoms with E-state index in [-0.39, 0.29) is 48.3 Å². The van der Waals surface area contributed by atoms with Gasteiger partial charge in [-0.15, -0.1) is 0 Å². The van der Waals surface area contributed by atoms with Crippen molar-refractivity contribution >= 4 is 23.9 Å². The van der Waals surface area contributed by atoms with Crippen LogP contribution in [0, 0.1) is 11.8 Å². The summed E-state index contributed by atoms with van der Waals surface area (Å²) in [6, 6.07) is 17.5.